The van der Waals surface area contributed by atoms with Gasteiger partial charge in [-0.15, -0.1) is 0 Å². The zero-order valence-corrected chi connectivity index (χ0v) is 12.5. The molecule has 0 aliphatic heterocycles. The van der Waals surface area contributed by atoms with Gasteiger partial charge in [0.15, 0.2) is 0 Å². The molecule has 0 saturated carbocycles. The van der Waals surface area contributed by atoms with Crippen molar-refractivity contribution in [2.24, 2.45) is 5.92 Å². The largest absolute Gasteiger partial charge is 0.468 e. The topological polar surface area (TPSA) is 72.9 Å². The standard InChI is InChI=1S/C11H18BrNO5/c1-7(2)10(12)11(16)13(5-8(14)17-3)6-9(15)18-4/h7,10H,5-6H2,1-4H3. The normalized spacial score (nSPS) is 11.9. The number of carbonyl (C=O) groups is 3. The van der Waals surface area contributed by atoms with Crippen LogP contribution in [0.4, 0.5) is 0 Å². The number of ether oxygens (including phenoxy) is 2. The Labute approximate surface area is 115 Å². The molecule has 0 rings (SSSR count). The second-order valence-electron chi connectivity index (χ2n) is 3.99. The smallest absolute Gasteiger partial charge is 0.325 e. The number of alkyl halides is 1. The summed E-state index contributed by atoms with van der Waals surface area (Å²) >= 11 is 3.24. The molecule has 0 aliphatic rings. The third kappa shape index (κ3) is 5.48. The van der Waals surface area contributed by atoms with E-state index in [4.69, 9.17) is 0 Å². The maximum atomic E-state index is 12.1. The Kier molecular flexibility index (Phi) is 7.58. The Morgan fingerprint density at radius 1 is 1.06 bits per heavy atom. The van der Waals surface area contributed by atoms with Gasteiger partial charge in [-0.05, 0) is 5.92 Å². The van der Waals surface area contributed by atoms with Crippen LogP contribution in [0.2, 0.25) is 0 Å². The lowest BCUT2D eigenvalue weighted by Gasteiger charge is -2.24. The van der Waals surface area contributed by atoms with Crippen molar-refractivity contribution in [2.45, 2.75) is 18.7 Å². The molecular formula is C11H18BrNO5. The predicted octanol–water partition coefficient (Wildman–Crippen LogP) is 0.580. The second-order valence-corrected chi connectivity index (χ2v) is 4.98. The minimum atomic E-state index is -0.587. The number of hydrogen-bond donors (Lipinski definition) is 0. The zero-order valence-electron chi connectivity index (χ0n) is 10.9. The van der Waals surface area contributed by atoms with Crippen molar-refractivity contribution in [1.29, 1.82) is 0 Å². The molecule has 0 heterocycles. The van der Waals surface area contributed by atoms with E-state index < -0.39 is 16.8 Å². The highest BCUT2D eigenvalue weighted by molar-refractivity contribution is 9.10. The van der Waals surface area contributed by atoms with Crippen LogP contribution < -0.4 is 0 Å². The summed E-state index contributed by atoms with van der Waals surface area (Å²) in [6.45, 7) is 3.15. The third-order valence-corrected chi connectivity index (χ3v) is 3.68. The van der Waals surface area contributed by atoms with Crippen molar-refractivity contribution < 1.29 is 23.9 Å². The molecule has 7 heteroatoms. The molecule has 0 bridgehead atoms. The van der Waals surface area contributed by atoms with Gasteiger partial charge < -0.3 is 14.4 Å². The number of rotatable bonds is 6. The Morgan fingerprint density at radius 3 is 1.72 bits per heavy atom. The van der Waals surface area contributed by atoms with Gasteiger partial charge in [-0.25, -0.2) is 0 Å². The van der Waals surface area contributed by atoms with E-state index in [1.165, 1.54) is 14.2 Å². The minimum Gasteiger partial charge on any atom is -0.468 e. The molecule has 104 valence electrons. The Morgan fingerprint density at radius 2 is 1.44 bits per heavy atom. The highest BCUT2D eigenvalue weighted by atomic mass is 79.9. The fraction of sp³-hybridized carbons (Fsp3) is 0.727. The molecule has 0 radical (unpaired) electrons. The van der Waals surface area contributed by atoms with Gasteiger partial charge in [-0.3, -0.25) is 14.4 Å². The lowest BCUT2D eigenvalue weighted by molar-refractivity contribution is -0.152. The molecule has 1 unspecified atom stereocenters. The molecule has 0 aromatic rings. The maximum Gasteiger partial charge on any atom is 0.325 e. The quantitative estimate of drug-likeness (QED) is 0.528. The van der Waals surface area contributed by atoms with Crippen LogP contribution in [0, 0.1) is 5.92 Å². The lowest BCUT2D eigenvalue weighted by atomic mass is 10.1. The van der Waals surface area contributed by atoms with Crippen LogP contribution in [0.15, 0.2) is 0 Å². The molecule has 0 saturated heterocycles. The van der Waals surface area contributed by atoms with Gasteiger partial charge in [0.1, 0.15) is 13.1 Å². The van der Waals surface area contributed by atoms with Crippen LogP contribution in [0.1, 0.15) is 13.8 Å². The molecule has 6 nitrogen and oxygen atoms in total. The van der Waals surface area contributed by atoms with E-state index in [1.807, 2.05) is 13.8 Å². The summed E-state index contributed by atoms with van der Waals surface area (Å²) in [6, 6.07) is 0. The van der Waals surface area contributed by atoms with Crippen molar-refractivity contribution in [3.8, 4) is 0 Å². The zero-order chi connectivity index (χ0) is 14.3. The van der Waals surface area contributed by atoms with Gasteiger partial charge in [-0.2, -0.15) is 0 Å². The molecule has 18 heavy (non-hydrogen) atoms. The van der Waals surface area contributed by atoms with Gasteiger partial charge >= 0.3 is 11.9 Å². The molecule has 0 spiro atoms. The highest BCUT2D eigenvalue weighted by Crippen LogP contribution is 2.15. The van der Waals surface area contributed by atoms with Crippen molar-refractivity contribution in [1.82, 2.24) is 4.90 Å². The summed E-state index contributed by atoms with van der Waals surface area (Å²) in [5, 5.41) is 0. The van der Waals surface area contributed by atoms with Crippen LogP contribution in [-0.2, 0) is 23.9 Å². The number of methoxy groups -OCH3 is 2. The molecule has 0 aromatic heterocycles. The monoisotopic (exact) mass is 323 g/mol. The summed E-state index contributed by atoms with van der Waals surface area (Å²) in [6.07, 6.45) is 0. The van der Waals surface area contributed by atoms with Gasteiger partial charge in [-0.1, -0.05) is 29.8 Å². The van der Waals surface area contributed by atoms with Crippen LogP contribution >= 0.6 is 15.9 Å². The van der Waals surface area contributed by atoms with Gasteiger partial charge in [0.25, 0.3) is 0 Å². The number of nitrogens with zero attached hydrogens (tertiary/aromatic N) is 1. The summed E-state index contributed by atoms with van der Waals surface area (Å²) in [4.78, 5) is 35.1. The van der Waals surface area contributed by atoms with Crippen LogP contribution in [0.25, 0.3) is 0 Å². The van der Waals surface area contributed by atoms with Gasteiger partial charge in [0.05, 0.1) is 19.0 Å². The fourth-order valence-electron chi connectivity index (χ4n) is 1.11. The average molecular weight is 324 g/mol. The molecule has 1 atom stereocenters. The van der Waals surface area contributed by atoms with Crippen LogP contribution in [0.5, 0.6) is 0 Å². The summed E-state index contributed by atoms with van der Waals surface area (Å²) in [5.74, 6) is -1.48. The first kappa shape index (κ1) is 16.9. The highest BCUT2D eigenvalue weighted by Gasteiger charge is 2.28. The van der Waals surface area contributed by atoms with Crippen molar-refractivity contribution >= 4 is 33.8 Å². The summed E-state index contributed by atoms with van der Waals surface area (Å²) in [7, 11) is 2.44. The average Bonchev–Trinajstić information content (AvgIpc) is 2.35. The van der Waals surface area contributed by atoms with E-state index >= 15 is 0 Å². The Hall–Kier alpha value is -1.11. The van der Waals surface area contributed by atoms with E-state index in [9.17, 15) is 14.4 Å². The van der Waals surface area contributed by atoms with E-state index in [1.54, 1.807) is 0 Å². The minimum absolute atomic E-state index is 0.0373. The fourth-order valence-corrected chi connectivity index (χ4v) is 1.40. The molecule has 1 amide bonds. The maximum absolute atomic E-state index is 12.1. The number of hydrogen-bond acceptors (Lipinski definition) is 5. The summed E-state index contributed by atoms with van der Waals surface area (Å²) < 4.78 is 8.97. The van der Waals surface area contributed by atoms with Crippen LogP contribution in [-0.4, -0.2) is 54.9 Å². The predicted molar refractivity (Wildman–Crippen MR) is 68.2 cm³/mol. The van der Waals surface area contributed by atoms with E-state index in [0.717, 1.165) is 4.90 Å². The summed E-state index contributed by atoms with van der Waals surface area (Å²) in [5.41, 5.74) is 0. The first-order valence-corrected chi connectivity index (χ1v) is 6.31. The molecule has 0 N–H and O–H groups in total. The van der Waals surface area contributed by atoms with Crippen molar-refractivity contribution in [2.75, 3.05) is 27.3 Å². The Balaban J connectivity index is 4.79. The number of halogens is 1. The van der Waals surface area contributed by atoms with Crippen LogP contribution in [0.3, 0.4) is 0 Å². The van der Waals surface area contributed by atoms with Crippen molar-refractivity contribution in [3.05, 3.63) is 0 Å². The van der Waals surface area contributed by atoms with Crippen molar-refractivity contribution in [3.63, 3.8) is 0 Å². The van der Waals surface area contributed by atoms with Gasteiger partial charge in [0.2, 0.25) is 5.91 Å². The van der Waals surface area contributed by atoms with E-state index in [-0.39, 0.29) is 24.9 Å². The number of esters is 2. The van der Waals surface area contributed by atoms with E-state index in [0.29, 0.717) is 0 Å². The third-order valence-electron chi connectivity index (χ3n) is 2.23. The molecular weight excluding hydrogens is 306 g/mol. The molecule has 0 aliphatic carbocycles. The lowest BCUT2D eigenvalue weighted by Crippen LogP contribution is -2.44. The Bertz CT molecular complexity index is 301. The SMILES string of the molecule is COC(=O)CN(CC(=O)OC)C(=O)C(Br)C(C)C. The molecule has 0 fully saturated rings. The van der Waals surface area contributed by atoms with E-state index in [2.05, 4.69) is 25.4 Å². The first-order chi connectivity index (χ1) is 8.33. The van der Waals surface area contributed by atoms with Gasteiger partial charge in [0, 0.05) is 0 Å². The number of amides is 1. The second kappa shape index (κ2) is 8.07. The molecule has 0 aromatic carbocycles. The number of carbonyl (C=O) groups excluding carboxylic acids is 3. The first-order valence-electron chi connectivity index (χ1n) is 5.40.